The second-order valence-electron chi connectivity index (χ2n) is 4.40. The Morgan fingerprint density at radius 3 is 2.81 bits per heavy atom. The highest BCUT2D eigenvalue weighted by molar-refractivity contribution is 5.94. The van der Waals surface area contributed by atoms with Gasteiger partial charge in [0.1, 0.15) is 17.3 Å². The van der Waals surface area contributed by atoms with Gasteiger partial charge in [-0.05, 0) is 37.3 Å². The summed E-state index contributed by atoms with van der Waals surface area (Å²) in [5, 5.41) is 2.66. The predicted octanol–water partition coefficient (Wildman–Crippen LogP) is 1.97. The molecule has 21 heavy (non-hydrogen) atoms. The molecule has 2 aromatic rings. The van der Waals surface area contributed by atoms with E-state index in [4.69, 9.17) is 10.2 Å². The van der Waals surface area contributed by atoms with Crippen LogP contribution in [0.5, 0.6) is 0 Å². The topological polar surface area (TPSA) is 68.3 Å². The van der Waals surface area contributed by atoms with Crippen molar-refractivity contribution in [3.05, 3.63) is 58.8 Å². The molecule has 0 aliphatic carbocycles. The van der Waals surface area contributed by atoms with Gasteiger partial charge in [0.25, 0.3) is 5.91 Å². The van der Waals surface area contributed by atoms with E-state index in [2.05, 4.69) is 17.2 Å². The third-order valence-electron chi connectivity index (χ3n) is 2.78. The molecule has 0 radical (unpaired) electrons. The maximum absolute atomic E-state index is 13.8. The van der Waals surface area contributed by atoms with Gasteiger partial charge in [0.05, 0.1) is 18.7 Å². The summed E-state index contributed by atoms with van der Waals surface area (Å²) in [4.78, 5) is 11.9. The summed E-state index contributed by atoms with van der Waals surface area (Å²) in [6, 6.07) is 7.73. The highest BCUT2D eigenvalue weighted by Gasteiger charge is 2.09. The zero-order chi connectivity index (χ0) is 15.2. The fourth-order valence-corrected chi connectivity index (χ4v) is 1.75. The van der Waals surface area contributed by atoms with E-state index in [1.807, 2.05) is 13.0 Å². The number of hydrogen-bond acceptors (Lipinski definition) is 3. The summed E-state index contributed by atoms with van der Waals surface area (Å²) in [6.07, 6.45) is 0. The van der Waals surface area contributed by atoms with Crippen molar-refractivity contribution in [3.8, 4) is 11.8 Å². The molecule has 0 fully saturated rings. The van der Waals surface area contributed by atoms with E-state index in [0.717, 1.165) is 11.8 Å². The molecule has 0 atom stereocenters. The van der Waals surface area contributed by atoms with Gasteiger partial charge >= 0.3 is 0 Å². The van der Waals surface area contributed by atoms with Gasteiger partial charge < -0.3 is 15.5 Å². The van der Waals surface area contributed by atoms with Crippen LogP contribution in [0.25, 0.3) is 0 Å². The van der Waals surface area contributed by atoms with E-state index in [9.17, 15) is 9.18 Å². The van der Waals surface area contributed by atoms with E-state index in [0.29, 0.717) is 5.76 Å². The fourth-order valence-electron chi connectivity index (χ4n) is 1.75. The molecule has 4 nitrogen and oxygen atoms in total. The van der Waals surface area contributed by atoms with Crippen molar-refractivity contribution >= 4 is 5.91 Å². The van der Waals surface area contributed by atoms with Crippen molar-refractivity contribution < 1.29 is 13.6 Å². The second-order valence-corrected chi connectivity index (χ2v) is 4.40. The molecule has 0 saturated carbocycles. The Hall–Kier alpha value is -2.58. The zero-order valence-electron chi connectivity index (χ0n) is 11.6. The Morgan fingerprint density at radius 1 is 1.38 bits per heavy atom. The molecule has 108 valence electrons. The van der Waals surface area contributed by atoms with Crippen LogP contribution in [0.2, 0.25) is 0 Å². The molecule has 0 aliphatic rings. The smallest absolute Gasteiger partial charge is 0.251 e. The first-order valence-electron chi connectivity index (χ1n) is 6.42. The Labute approximate surface area is 122 Å². The third kappa shape index (κ3) is 3.94. The average Bonchev–Trinajstić information content (AvgIpc) is 2.89. The second kappa shape index (κ2) is 6.73. The van der Waals surface area contributed by atoms with Gasteiger partial charge in [0.15, 0.2) is 0 Å². The molecular weight excluding hydrogens is 271 g/mol. The summed E-state index contributed by atoms with van der Waals surface area (Å²) in [5.41, 5.74) is 5.68. The number of nitrogens with two attached hydrogens (primary N) is 1. The van der Waals surface area contributed by atoms with Gasteiger partial charge in [-0.15, -0.1) is 0 Å². The van der Waals surface area contributed by atoms with Crippen LogP contribution in [0, 0.1) is 24.6 Å². The van der Waals surface area contributed by atoms with E-state index < -0.39 is 5.82 Å². The summed E-state index contributed by atoms with van der Waals surface area (Å²) < 4.78 is 19.1. The maximum atomic E-state index is 13.8. The summed E-state index contributed by atoms with van der Waals surface area (Å²) in [5.74, 6) is 5.67. The van der Waals surface area contributed by atoms with E-state index in [-0.39, 0.29) is 30.1 Å². The monoisotopic (exact) mass is 286 g/mol. The predicted molar refractivity (Wildman–Crippen MR) is 76.9 cm³/mol. The van der Waals surface area contributed by atoms with Crippen LogP contribution >= 0.6 is 0 Å². The first-order chi connectivity index (χ1) is 10.1. The van der Waals surface area contributed by atoms with Crippen LogP contribution in [-0.2, 0) is 6.54 Å². The Kier molecular flexibility index (Phi) is 4.75. The van der Waals surface area contributed by atoms with E-state index >= 15 is 0 Å². The molecule has 0 unspecified atom stereocenters. The number of benzene rings is 1. The number of rotatable bonds is 3. The number of hydrogen-bond donors (Lipinski definition) is 2. The lowest BCUT2D eigenvalue weighted by molar-refractivity contribution is 0.0947. The molecule has 0 spiro atoms. The molecule has 0 saturated heterocycles. The van der Waals surface area contributed by atoms with Crippen molar-refractivity contribution in [1.29, 1.82) is 0 Å². The Bertz CT molecular complexity index is 711. The highest BCUT2D eigenvalue weighted by Crippen LogP contribution is 2.10. The lowest BCUT2D eigenvalue weighted by atomic mass is 10.1. The van der Waals surface area contributed by atoms with Crippen LogP contribution in [-0.4, -0.2) is 12.5 Å². The van der Waals surface area contributed by atoms with Gasteiger partial charge in [-0.25, -0.2) is 4.39 Å². The van der Waals surface area contributed by atoms with Crippen molar-refractivity contribution in [3.63, 3.8) is 0 Å². The first kappa shape index (κ1) is 14.8. The number of carbonyl (C=O) groups excluding carboxylic acids is 1. The SMILES string of the molecule is Cc1ccc(CNC(=O)c2ccc(C#CCN)c(F)c2)o1. The van der Waals surface area contributed by atoms with Gasteiger partial charge in [-0.3, -0.25) is 4.79 Å². The average molecular weight is 286 g/mol. The van der Waals surface area contributed by atoms with Crippen molar-refractivity contribution in [2.45, 2.75) is 13.5 Å². The number of amides is 1. The van der Waals surface area contributed by atoms with Crippen LogP contribution in [0.15, 0.2) is 34.7 Å². The van der Waals surface area contributed by atoms with Crippen LogP contribution in [0.1, 0.15) is 27.4 Å². The molecule has 1 heterocycles. The molecule has 5 heteroatoms. The highest BCUT2D eigenvalue weighted by atomic mass is 19.1. The molecule has 3 N–H and O–H groups in total. The normalized spacial score (nSPS) is 9.86. The van der Waals surface area contributed by atoms with Crippen LogP contribution in [0.4, 0.5) is 4.39 Å². The van der Waals surface area contributed by atoms with Gasteiger partial charge in [0, 0.05) is 5.56 Å². The minimum absolute atomic E-state index is 0.157. The number of furan rings is 1. The number of carbonyl (C=O) groups is 1. The van der Waals surface area contributed by atoms with Crippen LogP contribution in [0.3, 0.4) is 0 Å². The van der Waals surface area contributed by atoms with Crippen molar-refractivity contribution in [2.24, 2.45) is 5.73 Å². The van der Waals surface area contributed by atoms with Gasteiger partial charge in [-0.2, -0.15) is 0 Å². The maximum Gasteiger partial charge on any atom is 0.251 e. The Balaban J connectivity index is 2.04. The van der Waals surface area contributed by atoms with Gasteiger partial charge in [0.2, 0.25) is 0 Å². The molecular formula is C16H15FN2O2. The van der Waals surface area contributed by atoms with E-state index in [1.54, 1.807) is 6.07 Å². The lowest BCUT2D eigenvalue weighted by Gasteiger charge is -2.04. The number of nitrogens with one attached hydrogen (secondary N) is 1. The standard InChI is InChI=1S/C16H15FN2O2/c1-11-4-7-14(21-11)10-19-16(20)13-6-5-12(3-2-8-18)15(17)9-13/h4-7,9H,8,10,18H2,1H3,(H,19,20). The van der Waals surface area contributed by atoms with Crippen LogP contribution < -0.4 is 11.1 Å². The largest absolute Gasteiger partial charge is 0.465 e. The minimum atomic E-state index is -0.544. The van der Waals surface area contributed by atoms with Crippen molar-refractivity contribution in [2.75, 3.05) is 6.54 Å². The summed E-state index contributed by atoms with van der Waals surface area (Å²) >= 11 is 0. The lowest BCUT2D eigenvalue weighted by Crippen LogP contribution is -2.22. The number of aryl methyl sites for hydroxylation is 1. The molecule has 2 rings (SSSR count). The zero-order valence-corrected chi connectivity index (χ0v) is 11.6. The summed E-state index contributed by atoms with van der Waals surface area (Å²) in [6.45, 7) is 2.23. The number of halogens is 1. The molecule has 1 aromatic heterocycles. The first-order valence-corrected chi connectivity index (χ1v) is 6.42. The Morgan fingerprint density at radius 2 is 2.19 bits per heavy atom. The van der Waals surface area contributed by atoms with Gasteiger partial charge in [-0.1, -0.05) is 11.8 Å². The third-order valence-corrected chi connectivity index (χ3v) is 2.78. The van der Waals surface area contributed by atoms with E-state index in [1.165, 1.54) is 12.1 Å². The summed E-state index contributed by atoms with van der Waals surface area (Å²) in [7, 11) is 0. The molecule has 1 aromatic carbocycles. The fraction of sp³-hybridized carbons (Fsp3) is 0.188. The quantitative estimate of drug-likeness (QED) is 0.848. The van der Waals surface area contributed by atoms with Crippen molar-refractivity contribution in [1.82, 2.24) is 5.32 Å². The molecule has 0 aliphatic heterocycles. The molecule has 1 amide bonds. The minimum Gasteiger partial charge on any atom is -0.465 e. The molecule has 0 bridgehead atoms.